The van der Waals surface area contributed by atoms with Gasteiger partial charge in [0.15, 0.2) is 0 Å². The lowest BCUT2D eigenvalue weighted by atomic mass is 10.2. The first kappa shape index (κ1) is 75.7. The van der Waals surface area contributed by atoms with Gasteiger partial charge in [-0.05, 0) is 62.3 Å². The van der Waals surface area contributed by atoms with Gasteiger partial charge in [-0.2, -0.15) is 0 Å². The smallest absolute Gasteiger partial charge is 0.320 e. The lowest BCUT2D eigenvalue weighted by molar-refractivity contribution is -0.158. The van der Waals surface area contributed by atoms with Gasteiger partial charge in [-0.3, -0.25) is 43.6 Å². The Hall–Kier alpha value is -3.29. The summed E-state index contributed by atoms with van der Waals surface area (Å²) in [6.07, 6.45) is -0.0166. The average Bonchev–Trinajstić information content (AvgIpc) is 3.36. The zero-order valence-electron chi connectivity index (χ0n) is 50.8. The predicted molar refractivity (Wildman–Crippen MR) is 298 cm³/mol. The summed E-state index contributed by atoms with van der Waals surface area (Å²) in [6, 6.07) is 0. The average molecular weight is 1170 g/mol. The minimum atomic E-state index is -0.885. The second kappa shape index (κ2) is 48.0. The second-order valence-corrected chi connectivity index (χ2v) is 21.7. The van der Waals surface area contributed by atoms with Crippen molar-refractivity contribution in [1.82, 2.24) is 24.9 Å². The van der Waals surface area contributed by atoms with Crippen molar-refractivity contribution in [2.24, 2.45) is 0 Å². The Balaban J connectivity index is 2.18. The van der Waals surface area contributed by atoms with Crippen molar-refractivity contribution in [3.8, 4) is 0 Å². The van der Waals surface area contributed by atoms with Crippen molar-refractivity contribution >= 4 is 29.8 Å². The molecule has 1 aliphatic heterocycles. The van der Waals surface area contributed by atoms with E-state index in [2.05, 4.69) is 5.32 Å². The molecule has 81 heavy (non-hydrogen) atoms. The van der Waals surface area contributed by atoms with Crippen molar-refractivity contribution in [2.75, 3.05) is 244 Å². The molecule has 0 radical (unpaired) electrons. The highest BCUT2D eigenvalue weighted by atomic mass is 16.6. The van der Waals surface area contributed by atoms with E-state index in [4.69, 9.17) is 76.2 Å². The summed E-state index contributed by atoms with van der Waals surface area (Å²) in [5.74, 6) is -2.16. The van der Waals surface area contributed by atoms with Crippen molar-refractivity contribution in [3.05, 3.63) is 0 Å². The summed E-state index contributed by atoms with van der Waals surface area (Å²) >= 11 is 0. The van der Waals surface area contributed by atoms with Crippen molar-refractivity contribution in [3.63, 3.8) is 0 Å². The van der Waals surface area contributed by atoms with Crippen LogP contribution in [0.4, 0.5) is 0 Å². The Bertz CT molecular complexity index is 1560. The third-order valence-corrected chi connectivity index (χ3v) is 10.7. The Kier molecular flexibility index (Phi) is 44.9. The fraction of sp³-hybridized carbons (Fsp3) is 0.909. The number of nitrogens with one attached hydrogen (secondary N) is 1. The van der Waals surface area contributed by atoms with Crippen LogP contribution in [0.25, 0.3) is 0 Å². The first-order valence-electron chi connectivity index (χ1n) is 28.6. The number of hydrogen-bond acceptors (Lipinski definition) is 24. The number of ether oxygens (including phenoxy) is 15. The van der Waals surface area contributed by atoms with E-state index in [1.807, 2.05) is 81.9 Å². The fourth-order valence-corrected chi connectivity index (χ4v) is 7.08. The molecule has 0 aliphatic carbocycles. The molecule has 1 amide bonds. The Morgan fingerprint density at radius 3 is 0.728 bits per heavy atom. The topological polar surface area (TPSA) is 269 Å². The van der Waals surface area contributed by atoms with Gasteiger partial charge < -0.3 is 81.5 Å². The first-order valence-corrected chi connectivity index (χ1v) is 28.6. The van der Waals surface area contributed by atoms with E-state index in [0.717, 1.165) is 0 Å². The zero-order chi connectivity index (χ0) is 59.9. The molecule has 1 saturated heterocycles. The normalized spacial score (nSPS) is 15.0. The number of aliphatic carboxylic acids is 1. The minimum Gasteiger partial charge on any atom is -0.481 e. The summed E-state index contributed by atoms with van der Waals surface area (Å²) in [5.41, 5.74) is -1.96. The molecule has 26 nitrogen and oxygen atoms in total. The summed E-state index contributed by atoms with van der Waals surface area (Å²) in [5, 5.41) is 11.5. The lowest BCUT2D eigenvalue weighted by Gasteiger charge is -2.34. The highest BCUT2D eigenvalue weighted by molar-refractivity contribution is 5.78. The van der Waals surface area contributed by atoms with Crippen LogP contribution in [0, 0.1) is 0 Å². The maximum atomic E-state index is 13.2. The zero-order valence-corrected chi connectivity index (χ0v) is 50.8. The molecule has 26 heteroatoms. The van der Waals surface area contributed by atoms with Crippen LogP contribution in [-0.2, 0) is 95.0 Å². The maximum absolute atomic E-state index is 13.2. The minimum absolute atomic E-state index is 0.0166. The first-order chi connectivity index (χ1) is 38.6. The lowest BCUT2D eigenvalue weighted by Crippen LogP contribution is -2.50. The van der Waals surface area contributed by atoms with Crippen molar-refractivity contribution < 1.29 is 100 Å². The number of rotatable bonds is 47. The predicted octanol–water partition coefficient (Wildman–Crippen LogP) is 1.02. The molecule has 0 unspecified atom stereocenters. The highest BCUT2D eigenvalue weighted by Crippen LogP contribution is 2.12. The molecular formula is C55H105N5O21. The van der Waals surface area contributed by atoms with Gasteiger partial charge in [-0.1, -0.05) is 0 Å². The van der Waals surface area contributed by atoms with Crippen molar-refractivity contribution in [2.45, 2.75) is 85.5 Å². The fourth-order valence-electron chi connectivity index (χ4n) is 7.08. The summed E-state index contributed by atoms with van der Waals surface area (Å²) in [6.45, 7) is 30.5. The molecular weight excluding hydrogens is 1070 g/mol. The summed E-state index contributed by atoms with van der Waals surface area (Å²) in [4.78, 5) is 70.6. The SMILES string of the molecule is CC(C)(C)OC(=O)CN1CCN(CC(=O)NCCOCCOCCOCCOCCOCCOCCOCCOCCOCCOCCOCCOCCC(=O)O)CCN(CC(=O)OC(C)(C)C)CCN(CC(=O)OC(C)(C)C)CC1. The van der Waals surface area contributed by atoms with Gasteiger partial charge in [0.2, 0.25) is 5.91 Å². The molecule has 0 aromatic carbocycles. The van der Waals surface area contributed by atoms with Crippen LogP contribution in [0.3, 0.4) is 0 Å². The van der Waals surface area contributed by atoms with Crippen LogP contribution < -0.4 is 5.32 Å². The molecule has 0 bridgehead atoms. The molecule has 0 aromatic heterocycles. The number of carboxylic acids is 1. The Labute approximate surface area is 482 Å². The van der Waals surface area contributed by atoms with Crippen LogP contribution in [-0.4, -0.2) is 315 Å². The molecule has 2 N–H and O–H groups in total. The quantitative estimate of drug-likeness (QED) is 0.0489. The monoisotopic (exact) mass is 1170 g/mol. The van der Waals surface area contributed by atoms with E-state index in [-0.39, 0.29) is 63.0 Å². The van der Waals surface area contributed by atoms with E-state index in [9.17, 15) is 24.0 Å². The number of carboxylic acid groups (broad SMARTS) is 1. The number of amides is 1. The van der Waals surface area contributed by atoms with Crippen LogP contribution in [0.5, 0.6) is 0 Å². The Morgan fingerprint density at radius 1 is 0.321 bits per heavy atom. The molecule has 1 rings (SSSR count). The number of hydrogen-bond donors (Lipinski definition) is 2. The molecule has 1 heterocycles. The summed E-state index contributed by atoms with van der Waals surface area (Å²) in [7, 11) is 0. The number of carbonyl (C=O) groups is 5. The van der Waals surface area contributed by atoms with Crippen LogP contribution in [0.15, 0.2) is 0 Å². The standard InChI is InChI=1S/C55H105N5O21/c1-53(2,3)79-50(64)45-58-14-12-57(13-15-59(46-51(65)80-54(4,5)6)17-19-60(18-16-58)47-52(66)81-55(7,8)9)44-48(61)56-11-21-68-23-25-70-27-29-72-31-33-74-35-37-76-39-41-78-43-42-77-40-38-75-36-34-73-32-30-71-28-26-69-24-22-67-20-10-49(62)63/h10-47H2,1-9H3,(H,56,61)(H,62,63). The van der Waals surface area contributed by atoms with Crippen LogP contribution in [0.2, 0.25) is 0 Å². The molecule has 0 spiro atoms. The van der Waals surface area contributed by atoms with E-state index >= 15 is 0 Å². The van der Waals surface area contributed by atoms with E-state index in [1.54, 1.807) is 0 Å². The van der Waals surface area contributed by atoms with Gasteiger partial charge in [0.25, 0.3) is 0 Å². The molecule has 476 valence electrons. The van der Waals surface area contributed by atoms with E-state index in [0.29, 0.717) is 211 Å². The van der Waals surface area contributed by atoms with Gasteiger partial charge in [0.05, 0.1) is 191 Å². The van der Waals surface area contributed by atoms with E-state index < -0.39 is 22.8 Å². The Morgan fingerprint density at radius 2 is 0.519 bits per heavy atom. The summed E-state index contributed by atoms with van der Waals surface area (Å²) < 4.78 is 82.7. The van der Waals surface area contributed by atoms with Gasteiger partial charge in [-0.15, -0.1) is 0 Å². The van der Waals surface area contributed by atoms with Gasteiger partial charge in [0, 0.05) is 58.9 Å². The van der Waals surface area contributed by atoms with Crippen LogP contribution >= 0.6 is 0 Å². The van der Waals surface area contributed by atoms with Gasteiger partial charge >= 0.3 is 23.9 Å². The maximum Gasteiger partial charge on any atom is 0.320 e. The van der Waals surface area contributed by atoms with Gasteiger partial charge in [0.1, 0.15) is 16.8 Å². The molecule has 1 fully saturated rings. The molecule has 1 aliphatic rings. The highest BCUT2D eigenvalue weighted by Gasteiger charge is 2.26. The van der Waals surface area contributed by atoms with Crippen molar-refractivity contribution in [1.29, 1.82) is 0 Å². The van der Waals surface area contributed by atoms with E-state index in [1.165, 1.54) is 0 Å². The number of carbonyl (C=O) groups excluding carboxylic acids is 4. The van der Waals surface area contributed by atoms with Gasteiger partial charge in [-0.25, -0.2) is 0 Å². The molecule has 0 saturated carbocycles. The third kappa shape index (κ3) is 53.2. The largest absolute Gasteiger partial charge is 0.481 e. The number of esters is 3. The molecule has 0 atom stereocenters. The molecule has 0 aromatic rings. The van der Waals surface area contributed by atoms with Crippen LogP contribution in [0.1, 0.15) is 68.7 Å². The third-order valence-electron chi connectivity index (χ3n) is 10.7. The second-order valence-electron chi connectivity index (χ2n) is 21.7. The number of nitrogens with zero attached hydrogens (tertiary/aromatic N) is 4.